The largest absolute Gasteiger partial charge is 0.493 e. The van der Waals surface area contributed by atoms with Crippen LogP contribution in [0.1, 0.15) is 52.5 Å². The minimum atomic E-state index is -0.477. The lowest BCUT2D eigenvalue weighted by Gasteiger charge is -2.42. The molecule has 0 radical (unpaired) electrons. The van der Waals surface area contributed by atoms with Gasteiger partial charge in [0.1, 0.15) is 0 Å². The number of nitrogens with zero attached hydrogens (tertiary/aromatic N) is 2. The van der Waals surface area contributed by atoms with Gasteiger partial charge in [-0.25, -0.2) is 0 Å². The number of likely N-dealkylation sites (tertiary alicyclic amines) is 1. The number of benzene rings is 1. The van der Waals surface area contributed by atoms with Crippen molar-refractivity contribution in [1.82, 2.24) is 9.80 Å². The number of hydrogen-bond acceptors (Lipinski definition) is 5. The van der Waals surface area contributed by atoms with E-state index in [9.17, 15) is 9.59 Å². The average molecular weight is 429 g/mol. The maximum atomic E-state index is 13.9. The summed E-state index contributed by atoms with van der Waals surface area (Å²) < 4.78 is 10.9. The predicted molar refractivity (Wildman–Crippen MR) is 116 cm³/mol. The molecule has 2 atom stereocenters. The summed E-state index contributed by atoms with van der Waals surface area (Å²) in [6.45, 7) is 3.75. The van der Waals surface area contributed by atoms with Crippen LogP contribution < -0.4 is 9.47 Å². The number of ether oxygens (including phenoxy) is 2. The van der Waals surface area contributed by atoms with Crippen LogP contribution in [0.5, 0.6) is 11.5 Å². The number of fused-ring (bicyclic) bond motifs is 1. The Morgan fingerprint density at radius 2 is 1.80 bits per heavy atom. The van der Waals surface area contributed by atoms with E-state index in [1.54, 1.807) is 43.6 Å². The monoisotopic (exact) mass is 428 g/mol. The minimum absolute atomic E-state index is 0.0770. The van der Waals surface area contributed by atoms with Crippen LogP contribution in [0.2, 0.25) is 0 Å². The summed E-state index contributed by atoms with van der Waals surface area (Å²) in [6.07, 6.45) is 2.02. The number of likely N-dealkylation sites (N-methyl/N-ethyl adjacent to an activating group) is 1. The number of thiophene rings is 1. The van der Waals surface area contributed by atoms with Gasteiger partial charge < -0.3 is 19.3 Å². The molecule has 1 fully saturated rings. The van der Waals surface area contributed by atoms with Gasteiger partial charge in [0.2, 0.25) is 5.91 Å². The molecule has 1 saturated heterocycles. The van der Waals surface area contributed by atoms with Crippen LogP contribution in [0.3, 0.4) is 0 Å². The first-order valence-electron chi connectivity index (χ1n) is 10.3. The molecule has 2 aromatic rings. The Labute approximate surface area is 181 Å². The normalized spacial score (nSPS) is 22.1. The fraction of sp³-hybridized carbons (Fsp3) is 0.478. The van der Waals surface area contributed by atoms with Gasteiger partial charge in [-0.15, -0.1) is 11.3 Å². The summed E-state index contributed by atoms with van der Waals surface area (Å²) >= 11 is 1.58. The highest BCUT2D eigenvalue weighted by molar-refractivity contribution is 7.10. The van der Waals surface area contributed by atoms with Crippen molar-refractivity contribution < 1.29 is 19.1 Å². The molecule has 0 aliphatic carbocycles. The van der Waals surface area contributed by atoms with Gasteiger partial charge in [0, 0.05) is 30.6 Å². The van der Waals surface area contributed by atoms with Crippen LogP contribution in [-0.4, -0.2) is 56.0 Å². The van der Waals surface area contributed by atoms with Gasteiger partial charge >= 0.3 is 0 Å². The van der Waals surface area contributed by atoms with Gasteiger partial charge in [-0.1, -0.05) is 13.0 Å². The van der Waals surface area contributed by atoms with E-state index in [0.717, 1.165) is 36.4 Å². The third kappa shape index (κ3) is 3.45. The van der Waals surface area contributed by atoms with Crippen LogP contribution in [-0.2, 0) is 4.79 Å². The molecule has 30 heavy (non-hydrogen) atoms. The van der Waals surface area contributed by atoms with E-state index in [1.165, 1.54) is 0 Å². The highest BCUT2D eigenvalue weighted by atomic mass is 32.1. The van der Waals surface area contributed by atoms with E-state index in [2.05, 4.69) is 6.92 Å². The van der Waals surface area contributed by atoms with Crippen molar-refractivity contribution in [3.05, 3.63) is 45.6 Å². The molecule has 0 unspecified atom stereocenters. The first-order valence-corrected chi connectivity index (χ1v) is 11.2. The fourth-order valence-corrected chi connectivity index (χ4v) is 5.46. The summed E-state index contributed by atoms with van der Waals surface area (Å²) in [4.78, 5) is 31.8. The van der Waals surface area contributed by atoms with E-state index in [1.807, 2.05) is 28.5 Å². The molecule has 0 saturated carbocycles. The molecule has 3 heterocycles. The van der Waals surface area contributed by atoms with E-state index in [0.29, 0.717) is 23.0 Å². The molecule has 0 N–H and O–H groups in total. The Bertz CT molecular complexity index is 935. The number of piperidine rings is 1. The zero-order valence-electron chi connectivity index (χ0n) is 17.9. The van der Waals surface area contributed by atoms with Gasteiger partial charge in [0.15, 0.2) is 11.5 Å². The first-order chi connectivity index (χ1) is 14.5. The smallest absolute Gasteiger partial charge is 0.254 e. The highest BCUT2D eigenvalue weighted by Crippen LogP contribution is 2.47. The zero-order chi connectivity index (χ0) is 21.4. The summed E-state index contributed by atoms with van der Waals surface area (Å²) in [5, 5.41) is 1.99. The molecular weight excluding hydrogens is 400 g/mol. The molecule has 1 aromatic carbocycles. The van der Waals surface area contributed by atoms with Crippen LogP contribution >= 0.6 is 11.3 Å². The van der Waals surface area contributed by atoms with Gasteiger partial charge in [-0.3, -0.25) is 9.59 Å². The van der Waals surface area contributed by atoms with Crippen LogP contribution in [0.4, 0.5) is 0 Å². The van der Waals surface area contributed by atoms with Crippen molar-refractivity contribution in [1.29, 1.82) is 0 Å². The average Bonchev–Trinajstić information content (AvgIpc) is 3.29. The quantitative estimate of drug-likeness (QED) is 0.740. The Morgan fingerprint density at radius 3 is 2.40 bits per heavy atom. The fourth-order valence-electron chi connectivity index (χ4n) is 4.56. The zero-order valence-corrected chi connectivity index (χ0v) is 18.7. The summed E-state index contributed by atoms with van der Waals surface area (Å²) in [5.41, 5.74) is 1.23. The number of hydrogen-bond donors (Lipinski definition) is 0. The van der Waals surface area contributed by atoms with Crippen molar-refractivity contribution in [2.24, 2.45) is 5.92 Å². The van der Waals surface area contributed by atoms with Crippen LogP contribution in [0.25, 0.3) is 0 Å². The summed E-state index contributed by atoms with van der Waals surface area (Å²) in [5.74, 6) is 1.15. The van der Waals surface area contributed by atoms with Gasteiger partial charge in [0.05, 0.1) is 26.2 Å². The highest BCUT2D eigenvalue weighted by Gasteiger charge is 2.45. The number of amides is 2. The molecule has 2 aliphatic heterocycles. The van der Waals surface area contributed by atoms with Gasteiger partial charge in [0.25, 0.3) is 5.91 Å². The van der Waals surface area contributed by atoms with Crippen molar-refractivity contribution >= 4 is 23.2 Å². The van der Waals surface area contributed by atoms with E-state index in [-0.39, 0.29) is 17.9 Å². The Hall–Kier alpha value is -2.54. The Kier molecular flexibility index (Phi) is 5.73. The first kappa shape index (κ1) is 20.7. The SMILES string of the molecule is COc1cc2c(cc1OC)[C@@H](C(=O)N1CCC(C)CC1)[C@@H](c1cccs1)N(C)C2=O. The number of methoxy groups -OCH3 is 2. The minimum Gasteiger partial charge on any atom is -0.493 e. The van der Waals surface area contributed by atoms with Crippen molar-refractivity contribution in [2.45, 2.75) is 31.7 Å². The lowest BCUT2D eigenvalue weighted by Crippen LogP contribution is -2.48. The lowest BCUT2D eigenvalue weighted by molar-refractivity contribution is -0.135. The number of rotatable bonds is 4. The molecule has 7 heteroatoms. The molecule has 0 spiro atoms. The van der Waals surface area contributed by atoms with E-state index < -0.39 is 5.92 Å². The van der Waals surface area contributed by atoms with Gasteiger partial charge in [-0.05, 0) is 47.9 Å². The maximum absolute atomic E-state index is 13.9. The second-order valence-electron chi connectivity index (χ2n) is 8.16. The molecule has 6 nitrogen and oxygen atoms in total. The second kappa shape index (κ2) is 8.30. The van der Waals surface area contributed by atoms with E-state index >= 15 is 0 Å². The molecule has 160 valence electrons. The molecular formula is C23H28N2O4S. The third-order valence-electron chi connectivity index (χ3n) is 6.37. The van der Waals surface area contributed by atoms with Crippen molar-refractivity contribution in [3.8, 4) is 11.5 Å². The van der Waals surface area contributed by atoms with Crippen molar-refractivity contribution in [3.63, 3.8) is 0 Å². The second-order valence-corrected chi connectivity index (χ2v) is 9.14. The Balaban J connectivity index is 1.85. The standard InChI is InChI=1S/C23H28N2O4S/c1-14-7-9-25(10-8-14)23(27)20-15-12-17(28-3)18(29-4)13-16(15)22(26)24(2)21(20)19-6-5-11-30-19/h5-6,11-14,20-21H,7-10H2,1-4H3/t20-,21-/m1/s1. The van der Waals surface area contributed by atoms with Gasteiger partial charge in [-0.2, -0.15) is 0 Å². The number of carbonyl (C=O) groups excluding carboxylic acids is 2. The summed E-state index contributed by atoms with van der Waals surface area (Å²) in [6, 6.07) is 7.15. The summed E-state index contributed by atoms with van der Waals surface area (Å²) in [7, 11) is 4.90. The van der Waals surface area contributed by atoms with Crippen molar-refractivity contribution in [2.75, 3.05) is 34.4 Å². The predicted octanol–water partition coefficient (Wildman–Crippen LogP) is 3.93. The topological polar surface area (TPSA) is 59.1 Å². The third-order valence-corrected chi connectivity index (χ3v) is 7.31. The molecule has 1 aromatic heterocycles. The molecule has 4 rings (SSSR count). The number of carbonyl (C=O) groups is 2. The molecule has 2 amide bonds. The lowest BCUT2D eigenvalue weighted by atomic mass is 9.80. The van der Waals surface area contributed by atoms with Crippen LogP contribution in [0.15, 0.2) is 29.6 Å². The van der Waals surface area contributed by atoms with E-state index in [4.69, 9.17) is 9.47 Å². The van der Waals surface area contributed by atoms with Crippen LogP contribution in [0, 0.1) is 5.92 Å². The Morgan fingerprint density at radius 1 is 1.13 bits per heavy atom. The molecule has 0 bridgehead atoms. The maximum Gasteiger partial charge on any atom is 0.254 e. The molecule has 2 aliphatic rings.